The summed E-state index contributed by atoms with van der Waals surface area (Å²) in [6.45, 7) is 8.75. The zero-order valence-electron chi connectivity index (χ0n) is 17.1. The first-order chi connectivity index (χ1) is 14.2. The number of pyridine rings is 1. The highest BCUT2D eigenvalue weighted by molar-refractivity contribution is 5.60. The average Bonchev–Trinajstić information content (AvgIpc) is 3.12. The Labute approximate surface area is 170 Å². The molecule has 0 aliphatic carbocycles. The number of imidazole rings is 1. The first kappa shape index (κ1) is 19.4. The first-order valence-electron chi connectivity index (χ1n) is 10.2. The third-order valence-corrected chi connectivity index (χ3v) is 5.08. The van der Waals surface area contributed by atoms with E-state index in [9.17, 15) is 0 Å². The van der Waals surface area contributed by atoms with Crippen molar-refractivity contribution in [2.75, 3.05) is 43.4 Å². The highest BCUT2D eigenvalue weighted by Gasteiger charge is 2.16. The normalized spacial score (nSPS) is 14.5. The minimum absolute atomic E-state index is 0.283. The van der Waals surface area contributed by atoms with Crippen LogP contribution in [0, 0.1) is 6.92 Å². The number of aromatic nitrogens is 5. The minimum atomic E-state index is 0.283. The van der Waals surface area contributed by atoms with Crippen LogP contribution in [0.5, 0.6) is 6.01 Å². The number of unbranched alkanes of at least 4 members (excludes halogenated alkanes) is 1. The summed E-state index contributed by atoms with van der Waals surface area (Å²) in [4.78, 5) is 15.7. The van der Waals surface area contributed by atoms with E-state index in [0.29, 0.717) is 24.5 Å². The van der Waals surface area contributed by atoms with E-state index in [2.05, 4.69) is 45.2 Å². The van der Waals surface area contributed by atoms with Crippen LogP contribution in [-0.2, 0) is 6.42 Å². The molecule has 0 bridgehead atoms. The highest BCUT2D eigenvalue weighted by atomic mass is 16.5. The third kappa shape index (κ3) is 4.24. The molecule has 1 aliphatic heterocycles. The fraction of sp³-hybridized carbons (Fsp3) is 0.500. The molecule has 0 radical (unpaired) electrons. The van der Waals surface area contributed by atoms with Gasteiger partial charge in [-0.2, -0.15) is 4.98 Å². The van der Waals surface area contributed by atoms with E-state index in [1.54, 1.807) is 10.7 Å². The number of fused-ring (bicyclic) bond motifs is 1. The Balaban J connectivity index is 1.56. The van der Waals surface area contributed by atoms with Crippen LogP contribution in [0.1, 0.15) is 36.6 Å². The minimum Gasteiger partial charge on any atom is -0.462 e. The van der Waals surface area contributed by atoms with Crippen LogP contribution >= 0.6 is 0 Å². The van der Waals surface area contributed by atoms with Crippen LogP contribution in [0.4, 0.5) is 11.6 Å². The van der Waals surface area contributed by atoms with Crippen LogP contribution in [0.25, 0.3) is 5.65 Å². The van der Waals surface area contributed by atoms with Gasteiger partial charge in [0, 0.05) is 38.8 Å². The molecule has 1 fully saturated rings. The van der Waals surface area contributed by atoms with Gasteiger partial charge >= 0.3 is 6.01 Å². The zero-order valence-corrected chi connectivity index (χ0v) is 17.1. The molecule has 9 nitrogen and oxygen atoms in total. The Morgan fingerprint density at radius 2 is 2.03 bits per heavy atom. The van der Waals surface area contributed by atoms with Gasteiger partial charge in [-0.25, -0.2) is 14.5 Å². The second-order valence-electron chi connectivity index (χ2n) is 7.36. The molecule has 1 aliphatic rings. The van der Waals surface area contributed by atoms with Gasteiger partial charge in [0.15, 0.2) is 11.5 Å². The molecule has 0 aromatic carbocycles. The predicted octanol–water partition coefficient (Wildman–Crippen LogP) is 1.59. The van der Waals surface area contributed by atoms with Crippen LogP contribution in [-0.4, -0.2) is 57.4 Å². The Kier molecular flexibility index (Phi) is 5.75. The van der Waals surface area contributed by atoms with Gasteiger partial charge in [0.25, 0.3) is 0 Å². The maximum absolute atomic E-state index is 6.06. The number of nitrogens with two attached hydrogens (primary N) is 1. The van der Waals surface area contributed by atoms with Gasteiger partial charge < -0.3 is 20.7 Å². The Morgan fingerprint density at radius 3 is 2.79 bits per heavy atom. The van der Waals surface area contributed by atoms with E-state index in [4.69, 9.17) is 15.5 Å². The Morgan fingerprint density at radius 1 is 1.21 bits per heavy atom. The summed E-state index contributed by atoms with van der Waals surface area (Å²) in [5.41, 5.74) is 9.81. The van der Waals surface area contributed by atoms with Crippen molar-refractivity contribution < 1.29 is 4.74 Å². The quantitative estimate of drug-likeness (QED) is 0.580. The lowest BCUT2D eigenvalue weighted by molar-refractivity contribution is 0.280. The van der Waals surface area contributed by atoms with Crippen molar-refractivity contribution in [3.63, 3.8) is 0 Å². The van der Waals surface area contributed by atoms with Gasteiger partial charge in [0.2, 0.25) is 0 Å². The molecule has 0 unspecified atom stereocenters. The fourth-order valence-corrected chi connectivity index (χ4v) is 3.56. The van der Waals surface area contributed by atoms with Gasteiger partial charge in [-0.15, -0.1) is 5.10 Å². The molecule has 0 amide bonds. The molecular formula is C20H28N8O. The summed E-state index contributed by atoms with van der Waals surface area (Å²) in [5.74, 6) is 1.38. The molecule has 4 heterocycles. The van der Waals surface area contributed by atoms with Crippen LogP contribution in [0.3, 0.4) is 0 Å². The van der Waals surface area contributed by atoms with Crippen molar-refractivity contribution in [3.8, 4) is 6.01 Å². The molecule has 0 atom stereocenters. The van der Waals surface area contributed by atoms with Crippen molar-refractivity contribution in [1.82, 2.24) is 29.9 Å². The van der Waals surface area contributed by atoms with Gasteiger partial charge in [0.1, 0.15) is 5.82 Å². The molecule has 3 aromatic heterocycles. The molecule has 3 aromatic rings. The molecule has 0 saturated carbocycles. The van der Waals surface area contributed by atoms with E-state index in [0.717, 1.165) is 56.1 Å². The molecule has 4 rings (SSSR count). The average molecular weight is 396 g/mol. The Hall–Kier alpha value is -2.94. The number of aryl methyl sites for hydroxylation is 1. The summed E-state index contributed by atoms with van der Waals surface area (Å²) in [6, 6.07) is 2.47. The monoisotopic (exact) mass is 396 g/mol. The number of hydrogen-bond acceptors (Lipinski definition) is 8. The first-order valence-corrected chi connectivity index (χ1v) is 10.2. The zero-order chi connectivity index (χ0) is 20.2. The van der Waals surface area contributed by atoms with Crippen LogP contribution in [0.15, 0.2) is 18.5 Å². The SMILES string of the molecule is CCCCOc1nc(N)c2ncc(Cc3cnc(N4CCNCC4)c(C)c3)n2n1. The molecule has 9 heteroatoms. The summed E-state index contributed by atoms with van der Waals surface area (Å²) in [7, 11) is 0. The molecule has 29 heavy (non-hydrogen) atoms. The number of nitrogen functional groups attached to an aromatic ring is 1. The van der Waals surface area contributed by atoms with E-state index in [1.165, 1.54) is 5.56 Å². The van der Waals surface area contributed by atoms with E-state index < -0.39 is 0 Å². The number of nitrogens with zero attached hydrogens (tertiary/aromatic N) is 6. The smallest absolute Gasteiger partial charge is 0.336 e. The van der Waals surface area contributed by atoms with Crippen molar-refractivity contribution >= 4 is 17.3 Å². The summed E-state index contributed by atoms with van der Waals surface area (Å²) >= 11 is 0. The van der Waals surface area contributed by atoms with Crippen molar-refractivity contribution in [2.45, 2.75) is 33.1 Å². The summed E-state index contributed by atoms with van der Waals surface area (Å²) in [6.07, 6.45) is 6.37. The predicted molar refractivity (Wildman–Crippen MR) is 112 cm³/mol. The lowest BCUT2D eigenvalue weighted by Gasteiger charge is -2.29. The lowest BCUT2D eigenvalue weighted by Crippen LogP contribution is -2.44. The van der Waals surface area contributed by atoms with Crippen molar-refractivity contribution in [3.05, 3.63) is 35.3 Å². The van der Waals surface area contributed by atoms with Crippen molar-refractivity contribution in [1.29, 1.82) is 0 Å². The van der Waals surface area contributed by atoms with Crippen LogP contribution < -0.4 is 20.7 Å². The Bertz CT molecular complexity index is 980. The van der Waals surface area contributed by atoms with Gasteiger partial charge in [-0.3, -0.25) is 0 Å². The number of nitrogens with one attached hydrogen (secondary N) is 1. The number of ether oxygens (including phenoxy) is 1. The molecule has 154 valence electrons. The molecular weight excluding hydrogens is 368 g/mol. The summed E-state index contributed by atoms with van der Waals surface area (Å²) in [5, 5.41) is 7.86. The largest absolute Gasteiger partial charge is 0.462 e. The van der Waals surface area contributed by atoms with E-state index >= 15 is 0 Å². The van der Waals surface area contributed by atoms with Gasteiger partial charge in [-0.05, 0) is 24.5 Å². The second-order valence-corrected chi connectivity index (χ2v) is 7.36. The second kappa shape index (κ2) is 8.60. The maximum atomic E-state index is 6.06. The molecule has 0 spiro atoms. The number of hydrogen-bond donors (Lipinski definition) is 2. The molecule has 3 N–H and O–H groups in total. The maximum Gasteiger partial charge on any atom is 0.336 e. The highest BCUT2D eigenvalue weighted by Crippen LogP contribution is 2.21. The van der Waals surface area contributed by atoms with E-state index in [-0.39, 0.29) is 6.01 Å². The number of rotatable bonds is 7. The number of piperazine rings is 1. The topological polar surface area (TPSA) is 106 Å². The lowest BCUT2D eigenvalue weighted by atomic mass is 10.1. The summed E-state index contributed by atoms with van der Waals surface area (Å²) < 4.78 is 7.36. The number of anilines is 2. The van der Waals surface area contributed by atoms with Gasteiger partial charge in [-0.1, -0.05) is 19.4 Å². The fourth-order valence-electron chi connectivity index (χ4n) is 3.56. The molecule has 1 saturated heterocycles. The van der Waals surface area contributed by atoms with E-state index in [1.807, 2.05) is 6.20 Å². The van der Waals surface area contributed by atoms with Gasteiger partial charge in [0.05, 0.1) is 18.5 Å². The van der Waals surface area contributed by atoms with Crippen LogP contribution in [0.2, 0.25) is 0 Å². The third-order valence-electron chi connectivity index (χ3n) is 5.08. The standard InChI is InChI=1S/C20H28N8O/c1-3-4-9-29-20-25-17(21)19-24-13-16(28(19)26-20)11-15-10-14(2)18(23-12-15)27-7-5-22-6-8-27/h10,12-13,22H,3-9,11H2,1-2H3,(H2,21,25,26). The van der Waals surface area contributed by atoms with Crippen molar-refractivity contribution in [2.24, 2.45) is 0 Å².